The number of anilines is 1. The minimum Gasteiger partial charge on any atom is -0.326 e. The largest absolute Gasteiger partial charge is 0.326 e. The van der Waals surface area contributed by atoms with Gasteiger partial charge in [0.25, 0.3) is 0 Å². The summed E-state index contributed by atoms with van der Waals surface area (Å²) in [5, 5.41) is 3.34. The third kappa shape index (κ3) is 3.76. The highest BCUT2D eigenvalue weighted by Crippen LogP contribution is 2.20. The van der Waals surface area contributed by atoms with Gasteiger partial charge in [0.2, 0.25) is 11.8 Å². The molecule has 1 heterocycles. The Balaban J connectivity index is 1.79. The molecule has 118 valence electrons. The van der Waals surface area contributed by atoms with Crippen molar-refractivity contribution in [3.8, 4) is 0 Å². The monoisotopic (exact) mass is 323 g/mol. The molecule has 1 saturated heterocycles. The van der Waals surface area contributed by atoms with Crippen molar-refractivity contribution in [3.05, 3.63) is 28.8 Å². The van der Waals surface area contributed by atoms with Crippen LogP contribution in [0.4, 0.5) is 10.5 Å². The lowest BCUT2D eigenvalue weighted by Gasteiger charge is -2.13. The van der Waals surface area contributed by atoms with E-state index in [1.165, 1.54) is 9.80 Å². The fourth-order valence-electron chi connectivity index (χ4n) is 2.18. The lowest BCUT2D eigenvalue weighted by Crippen LogP contribution is -2.32. The molecule has 0 aromatic heterocycles. The first-order chi connectivity index (χ1) is 10.4. The average Bonchev–Trinajstić information content (AvgIpc) is 2.69. The third-order valence-electron chi connectivity index (χ3n) is 3.47. The molecule has 1 aliphatic rings. The van der Waals surface area contributed by atoms with E-state index in [1.54, 1.807) is 19.2 Å². The lowest BCUT2D eigenvalue weighted by molar-refractivity contribution is -0.125. The van der Waals surface area contributed by atoms with Crippen molar-refractivity contribution in [1.29, 1.82) is 0 Å². The Morgan fingerprint density at radius 1 is 1.36 bits per heavy atom. The van der Waals surface area contributed by atoms with Gasteiger partial charge in [-0.25, -0.2) is 4.79 Å². The zero-order chi connectivity index (χ0) is 16.3. The minimum absolute atomic E-state index is 0.104. The SMILES string of the molecule is Cc1ccc(NC(=O)CCCN2C(=O)CN(C)C2=O)cc1Cl. The summed E-state index contributed by atoms with van der Waals surface area (Å²) in [5.74, 6) is -0.398. The molecule has 0 aliphatic carbocycles. The fraction of sp³-hybridized carbons (Fsp3) is 0.400. The lowest BCUT2D eigenvalue weighted by atomic mass is 10.2. The van der Waals surface area contributed by atoms with E-state index in [1.807, 2.05) is 13.0 Å². The van der Waals surface area contributed by atoms with Crippen LogP contribution in [0.2, 0.25) is 5.02 Å². The van der Waals surface area contributed by atoms with Crippen LogP contribution in [-0.4, -0.2) is 47.8 Å². The third-order valence-corrected chi connectivity index (χ3v) is 3.88. The van der Waals surface area contributed by atoms with Gasteiger partial charge in [-0.3, -0.25) is 14.5 Å². The molecular formula is C15H18ClN3O3. The number of aryl methyl sites for hydroxylation is 1. The van der Waals surface area contributed by atoms with E-state index < -0.39 is 0 Å². The van der Waals surface area contributed by atoms with Crippen LogP contribution in [0.3, 0.4) is 0 Å². The Kier molecular flexibility index (Phi) is 5.03. The first kappa shape index (κ1) is 16.3. The summed E-state index contributed by atoms with van der Waals surface area (Å²) in [6.45, 7) is 2.24. The van der Waals surface area contributed by atoms with E-state index in [4.69, 9.17) is 11.6 Å². The van der Waals surface area contributed by atoms with Crippen molar-refractivity contribution >= 4 is 35.1 Å². The van der Waals surface area contributed by atoms with E-state index in [-0.39, 0.29) is 37.4 Å². The summed E-state index contributed by atoms with van der Waals surface area (Å²) in [6.07, 6.45) is 0.656. The van der Waals surface area contributed by atoms with Crippen molar-refractivity contribution in [3.63, 3.8) is 0 Å². The van der Waals surface area contributed by atoms with Crippen molar-refractivity contribution in [1.82, 2.24) is 9.80 Å². The maximum absolute atomic E-state index is 11.9. The van der Waals surface area contributed by atoms with Crippen LogP contribution >= 0.6 is 11.6 Å². The molecule has 0 spiro atoms. The number of benzene rings is 1. The van der Waals surface area contributed by atoms with Crippen molar-refractivity contribution in [2.24, 2.45) is 0 Å². The van der Waals surface area contributed by atoms with E-state index >= 15 is 0 Å². The van der Waals surface area contributed by atoms with E-state index in [0.29, 0.717) is 17.1 Å². The quantitative estimate of drug-likeness (QED) is 0.845. The molecule has 0 bridgehead atoms. The van der Waals surface area contributed by atoms with Gasteiger partial charge in [-0.05, 0) is 31.0 Å². The molecule has 7 heteroatoms. The van der Waals surface area contributed by atoms with Crippen LogP contribution in [0.15, 0.2) is 18.2 Å². The molecule has 0 unspecified atom stereocenters. The molecule has 1 aromatic carbocycles. The molecule has 1 aliphatic heterocycles. The van der Waals surface area contributed by atoms with E-state index in [0.717, 1.165) is 5.56 Å². The number of amides is 4. The standard InChI is InChI=1S/C15H18ClN3O3/c1-10-5-6-11(8-12(10)16)17-13(20)4-3-7-19-14(21)9-18(2)15(19)22/h5-6,8H,3-4,7,9H2,1-2H3,(H,17,20). The predicted molar refractivity (Wildman–Crippen MR) is 83.8 cm³/mol. The molecule has 6 nitrogen and oxygen atoms in total. The van der Waals surface area contributed by atoms with Crippen LogP contribution in [0.1, 0.15) is 18.4 Å². The highest BCUT2D eigenvalue weighted by atomic mass is 35.5. The van der Waals surface area contributed by atoms with Gasteiger partial charge in [-0.1, -0.05) is 17.7 Å². The van der Waals surface area contributed by atoms with Gasteiger partial charge in [0.05, 0.1) is 0 Å². The number of nitrogens with zero attached hydrogens (tertiary/aromatic N) is 2. The Morgan fingerprint density at radius 2 is 2.09 bits per heavy atom. The number of carbonyl (C=O) groups is 3. The molecule has 2 rings (SSSR count). The topological polar surface area (TPSA) is 69.7 Å². The molecule has 1 aromatic rings. The summed E-state index contributed by atoms with van der Waals surface area (Å²) in [5.41, 5.74) is 1.57. The average molecular weight is 324 g/mol. The number of likely N-dealkylation sites (N-methyl/N-ethyl adjacent to an activating group) is 1. The number of hydrogen-bond donors (Lipinski definition) is 1. The number of rotatable bonds is 5. The highest BCUT2D eigenvalue weighted by molar-refractivity contribution is 6.31. The van der Waals surface area contributed by atoms with Crippen LogP contribution in [-0.2, 0) is 9.59 Å². The number of imide groups is 1. The van der Waals surface area contributed by atoms with Crippen molar-refractivity contribution in [2.45, 2.75) is 19.8 Å². The Bertz CT molecular complexity index is 618. The molecule has 4 amide bonds. The van der Waals surface area contributed by atoms with E-state index in [2.05, 4.69) is 5.32 Å². The number of urea groups is 1. The van der Waals surface area contributed by atoms with Gasteiger partial charge >= 0.3 is 6.03 Å². The van der Waals surface area contributed by atoms with Crippen molar-refractivity contribution < 1.29 is 14.4 Å². The maximum Gasteiger partial charge on any atom is 0.326 e. The molecule has 0 atom stereocenters. The number of hydrogen-bond acceptors (Lipinski definition) is 3. The van der Waals surface area contributed by atoms with E-state index in [9.17, 15) is 14.4 Å². The summed E-state index contributed by atoms with van der Waals surface area (Å²) < 4.78 is 0. The maximum atomic E-state index is 11.9. The Labute approximate surface area is 134 Å². The van der Waals surface area contributed by atoms with Crippen LogP contribution < -0.4 is 5.32 Å². The summed E-state index contributed by atoms with van der Waals surface area (Å²) in [7, 11) is 1.58. The summed E-state index contributed by atoms with van der Waals surface area (Å²) in [6, 6.07) is 4.99. The second-order valence-corrected chi connectivity index (χ2v) is 5.71. The fourth-order valence-corrected chi connectivity index (χ4v) is 2.36. The number of halogens is 1. The molecule has 0 saturated carbocycles. The van der Waals surface area contributed by atoms with Gasteiger partial charge in [0, 0.05) is 30.7 Å². The molecule has 1 fully saturated rings. The second-order valence-electron chi connectivity index (χ2n) is 5.30. The Morgan fingerprint density at radius 3 is 2.68 bits per heavy atom. The first-order valence-electron chi connectivity index (χ1n) is 7.00. The highest BCUT2D eigenvalue weighted by Gasteiger charge is 2.32. The van der Waals surface area contributed by atoms with Crippen molar-refractivity contribution in [2.75, 3.05) is 25.5 Å². The first-order valence-corrected chi connectivity index (χ1v) is 7.37. The molecular weight excluding hydrogens is 306 g/mol. The van der Waals surface area contributed by atoms with Crippen LogP contribution in [0, 0.1) is 6.92 Å². The summed E-state index contributed by atoms with van der Waals surface area (Å²) >= 11 is 6.00. The number of nitrogens with one attached hydrogen (secondary N) is 1. The van der Waals surface area contributed by atoms with Gasteiger partial charge in [0.1, 0.15) is 6.54 Å². The van der Waals surface area contributed by atoms with Gasteiger partial charge in [-0.15, -0.1) is 0 Å². The molecule has 22 heavy (non-hydrogen) atoms. The minimum atomic E-state index is -0.310. The molecule has 1 N–H and O–H groups in total. The van der Waals surface area contributed by atoms with Crippen LogP contribution in [0.5, 0.6) is 0 Å². The van der Waals surface area contributed by atoms with Crippen LogP contribution in [0.25, 0.3) is 0 Å². The zero-order valence-corrected chi connectivity index (χ0v) is 13.3. The zero-order valence-electron chi connectivity index (χ0n) is 12.6. The predicted octanol–water partition coefficient (Wildman–Crippen LogP) is 2.26. The van der Waals surface area contributed by atoms with Gasteiger partial charge in [0.15, 0.2) is 0 Å². The Hall–Kier alpha value is -2.08. The second kappa shape index (κ2) is 6.79. The smallest absolute Gasteiger partial charge is 0.326 e. The normalized spacial score (nSPS) is 14.7. The summed E-state index contributed by atoms with van der Waals surface area (Å²) in [4.78, 5) is 37.6. The van der Waals surface area contributed by atoms with Gasteiger partial charge < -0.3 is 10.2 Å². The molecule has 0 radical (unpaired) electrons. The number of carbonyl (C=O) groups excluding carboxylic acids is 3. The van der Waals surface area contributed by atoms with Gasteiger partial charge in [-0.2, -0.15) is 0 Å².